The van der Waals surface area contributed by atoms with Gasteiger partial charge in [-0.05, 0) is 49.6 Å². The summed E-state index contributed by atoms with van der Waals surface area (Å²) in [5.74, 6) is -0.241. The molecule has 9 heteroatoms. The summed E-state index contributed by atoms with van der Waals surface area (Å²) < 4.78 is 27.6. The second-order valence-electron chi connectivity index (χ2n) is 7.55. The predicted molar refractivity (Wildman–Crippen MR) is 121 cm³/mol. The number of rotatable bonds is 5. The Kier molecular flexibility index (Phi) is 7.09. The maximum absolute atomic E-state index is 13.0. The van der Waals surface area contributed by atoms with Gasteiger partial charge in [0.25, 0.3) is 0 Å². The molecule has 1 fully saturated rings. The summed E-state index contributed by atoms with van der Waals surface area (Å²) >= 11 is 12.4. The van der Waals surface area contributed by atoms with Gasteiger partial charge < -0.3 is 5.32 Å². The summed E-state index contributed by atoms with van der Waals surface area (Å²) in [4.78, 5) is 14.7. The molecule has 2 aromatic carbocycles. The van der Waals surface area contributed by atoms with Crippen LogP contribution in [0.25, 0.3) is 0 Å². The summed E-state index contributed by atoms with van der Waals surface area (Å²) in [5, 5.41) is 3.57. The first-order valence-electron chi connectivity index (χ1n) is 9.64. The largest absolute Gasteiger partial charge is 0.322 e. The summed E-state index contributed by atoms with van der Waals surface area (Å²) in [6, 6.07) is 8.91. The zero-order valence-electron chi connectivity index (χ0n) is 17.2. The van der Waals surface area contributed by atoms with Crippen molar-refractivity contribution in [1.82, 2.24) is 9.21 Å². The number of halogens is 2. The van der Waals surface area contributed by atoms with E-state index in [1.54, 1.807) is 25.1 Å². The third-order valence-corrected chi connectivity index (χ3v) is 8.05. The van der Waals surface area contributed by atoms with Crippen LogP contribution in [0.2, 0.25) is 10.0 Å². The monoisotopic (exact) mass is 469 g/mol. The highest BCUT2D eigenvalue weighted by molar-refractivity contribution is 7.89. The van der Waals surface area contributed by atoms with Gasteiger partial charge in [-0.2, -0.15) is 4.31 Å². The van der Waals surface area contributed by atoms with E-state index in [0.29, 0.717) is 46.8 Å². The highest BCUT2D eigenvalue weighted by Gasteiger charge is 2.30. The van der Waals surface area contributed by atoms with Crippen LogP contribution in [0.4, 0.5) is 5.69 Å². The van der Waals surface area contributed by atoms with Gasteiger partial charge in [-0.25, -0.2) is 8.42 Å². The van der Waals surface area contributed by atoms with Gasteiger partial charge >= 0.3 is 0 Å². The molecule has 0 aromatic heterocycles. The highest BCUT2D eigenvalue weighted by Crippen LogP contribution is 2.32. The molecule has 1 N–H and O–H groups in total. The number of sulfonamides is 1. The average molecular weight is 470 g/mol. The number of piperazine rings is 1. The molecule has 0 bridgehead atoms. The number of nitrogens with zero attached hydrogens (tertiary/aromatic N) is 2. The Morgan fingerprint density at radius 1 is 1.00 bits per heavy atom. The number of aryl methyl sites for hydroxylation is 3. The third kappa shape index (κ3) is 4.98. The Morgan fingerprint density at radius 3 is 2.30 bits per heavy atom. The van der Waals surface area contributed by atoms with Gasteiger partial charge in [-0.15, -0.1) is 0 Å². The Hall–Kier alpha value is -1.64. The molecule has 0 atom stereocenters. The van der Waals surface area contributed by atoms with E-state index >= 15 is 0 Å². The molecule has 2 aromatic rings. The molecule has 1 heterocycles. The number of hydrogen-bond acceptors (Lipinski definition) is 4. The van der Waals surface area contributed by atoms with Crippen LogP contribution >= 0.6 is 23.2 Å². The number of carbonyl (C=O) groups is 1. The standard InChI is InChI=1S/C21H25Cl2N3O3S/c1-14-4-5-15(2)18(12-14)30(28,29)26-10-8-25(9-11-26)13-19(27)24-21-17(22)7-6-16(3)20(21)23/h4-7,12H,8-11,13H2,1-3H3,(H,24,27). The van der Waals surface area contributed by atoms with Crippen LogP contribution in [-0.2, 0) is 14.8 Å². The van der Waals surface area contributed by atoms with Crippen molar-refractivity contribution in [2.75, 3.05) is 38.0 Å². The quantitative estimate of drug-likeness (QED) is 0.721. The second kappa shape index (κ2) is 9.24. The predicted octanol–water partition coefficient (Wildman–Crippen LogP) is 3.86. The first-order valence-corrected chi connectivity index (χ1v) is 11.8. The molecule has 0 spiro atoms. The van der Waals surface area contributed by atoms with Gasteiger partial charge in [0.15, 0.2) is 0 Å². The number of anilines is 1. The molecule has 162 valence electrons. The van der Waals surface area contributed by atoms with Crippen molar-refractivity contribution in [3.63, 3.8) is 0 Å². The lowest BCUT2D eigenvalue weighted by molar-refractivity contribution is -0.117. The van der Waals surface area contributed by atoms with Crippen LogP contribution < -0.4 is 5.32 Å². The average Bonchev–Trinajstić information content (AvgIpc) is 2.70. The number of hydrogen-bond donors (Lipinski definition) is 1. The van der Waals surface area contributed by atoms with Crippen molar-refractivity contribution < 1.29 is 13.2 Å². The lowest BCUT2D eigenvalue weighted by atomic mass is 10.2. The van der Waals surface area contributed by atoms with Crippen LogP contribution in [0.1, 0.15) is 16.7 Å². The van der Waals surface area contributed by atoms with Crippen LogP contribution in [0.15, 0.2) is 35.2 Å². The summed E-state index contributed by atoms with van der Waals surface area (Å²) in [7, 11) is -3.56. The Bertz CT molecular complexity index is 1070. The van der Waals surface area contributed by atoms with E-state index < -0.39 is 10.0 Å². The van der Waals surface area contributed by atoms with Crippen LogP contribution in [0, 0.1) is 20.8 Å². The first-order chi connectivity index (χ1) is 14.1. The lowest BCUT2D eigenvalue weighted by Gasteiger charge is -2.33. The number of carbonyl (C=O) groups excluding carboxylic acids is 1. The molecule has 1 amide bonds. The number of amides is 1. The van der Waals surface area contributed by atoms with Crippen LogP contribution in [0.3, 0.4) is 0 Å². The fourth-order valence-corrected chi connectivity index (χ4v) is 5.60. The van der Waals surface area contributed by atoms with E-state index in [1.807, 2.05) is 30.9 Å². The van der Waals surface area contributed by atoms with Crippen LogP contribution in [0.5, 0.6) is 0 Å². The van der Waals surface area contributed by atoms with Crippen molar-refractivity contribution in [3.8, 4) is 0 Å². The third-order valence-electron chi connectivity index (χ3n) is 5.21. The zero-order chi connectivity index (χ0) is 22.1. The summed E-state index contributed by atoms with van der Waals surface area (Å²) in [6.45, 7) is 7.24. The van der Waals surface area contributed by atoms with E-state index in [2.05, 4.69) is 5.32 Å². The minimum absolute atomic E-state index is 0.137. The molecule has 6 nitrogen and oxygen atoms in total. The van der Waals surface area contributed by atoms with Gasteiger partial charge in [0.2, 0.25) is 15.9 Å². The Balaban J connectivity index is 1.61. The van der Waals surface area contributed by atoms with Crippen molar-refractivity contribution in [2.24, 2.45) is 0 Å². The minimum atomic E-state index is -3.56. The summed E-state index contributed by atoms with van der Waals surface area (Å²) in [5.41, 5.74) is 2.86. The molecule has 3 rings (SSSR count). The maximum Gasteiger partial charge on any atom is 0.243 e. The van der Waals surface area contributed by atoms with Crippen molar-refractivity contribution in [3.05, 3.63) is 57.1 Å². The van der Waals surface area contributed by atoms with Crippen LogP contribution in [-0.4, -0.2) is 56.3 Å². The lowest BCUT2D eigenvalue weighted by Crippen LogP contribution is -2.50. The topological polar surface area (TPSA) is 69.7 Å². The first kappa shape index (κ1) is 23.0. The Morgan fingerprint density at radius 2 is 1.63 bits per heavy atom. The number of benzene rings is 2. The van der Waals surface area contributed by atoms with Crippen molar-refractivity contribution in [2.45, 2.75) is 25.7 Å². The van der Waals surface area contributed by atoms with Gasteiger partial charge in [-0.1, -0.05) is 41.4 Å². The molecule has 1 aliphatic heterocycles. The summed E-state index contributed by atoms with van der Waals surface area (Å²) in [6.07, 6.45) is 0. The van der Waals surface area contributed by atoms with Gasteiger partial charge in [0.1, 0.15) is 0 Å². The SMILES string of the molecule is Cc1ccc(C)c(S(=O)(=O)N2CCN(CC(=O)Nc3c(Cl)ccc(C)c3Cl)CC2)c1. The fourth-order valence-electron chi connectivity index (χ4n) is 3.41. The highest BCUT2D eigenvalue weighted by atomic mass is 35.5. The molecular formula is C21H25Cl2N3O3S. The second-order valence-corrected chi connectivity index (χ2v) is 10.2. The molecule has 0 aliphatic carbocycles. The van der Waals surface area contributed by atoms with Crippen molar-refractivity contribution in [1.29, 1.82) is 0 Å². The normalized spacial score (nSPS) is 15.9. The van der Waals surface area contributed by atoms with E-state index in [9.17, 15) is 13.2 Å². The van der Waals surface area contributed by atoms with E-state index in [-0.39, 0.29) is 12.5 Å². The van der Waals surface area contributed by atoms with Gasteiger partial charge in [0, 0.05) is 26.2 Å². The molecule has 0 saturated carbocycles. The molecule has 30 heavy (non-hydrogen) atoms. The van der Waals surface area contributed by atoms with Crippen molar-refractivity contribution >= 4 is 44.8 Å². The minimum Gasteiger partial charge on any atom is -0.322 e. The zero-order valence-corrected chi connectivity index (χ0v) is 19.5. The van der Waals surface area contributed by atoms with E-state index in [4.69, 9.17) is 23.2 Å². The van der Waals surface area contributed by atoms with Gasteiger partial charge in [0.05, 0.1) is 27.2 Å². The van der Waals surface area contributed by atoms with E-state index in [0.717, 1.165) is 16.7 Å². The maximum atomic E-state index is 13.0. The van der Waals surface area contributed by atoms with E-state index in [1.165, 1.54) is 4.31 Å². The Labute approximate surface area is 187 Å². The molecule has 0 radical (unpaired) electrons. The smallest absolute Gasteiger partial charge is 0.243 e. The molecule has 1 aliphatic rings. The fraction of sp³-hybridized carbons (Fsp3) is 0.381. The van der Waals surface area contributed by atoms with Gasteiger partial charge in [-0.3, -0.25) is 9.69 Å². The molecule has 0 unspecified atom stereocenters. The molecule has 1 saturated heterocycles. The molecular weight excluding hydrogens is 445 g/mol. The number of nitrogens with one attached hydrogen (secondary N) is 1.